The molecule has 0 spiro atoms. The zero-order chi connectivity index (χ0) is 59.3. The number of benzene rings is 1. The molecule has 2 aromatic rings. The van der Waals surface area contributed by atoms with Crippen LogP contribution in [0.5, 0.6) is 0 Å². The van der Waals surface area contributed by atoms with Crippen LogP contribution in [0.2, 0.25) is 0 Å². The summed E-state index contributed by atoms with van der Waals surface area (Å²) in [7, 11) is 6.30. The van der Waals surface area contributed by atoms with Gasteiger partial charge in [-0.3, -0.25) is 4.79 Å². The number of carbonyl (C=O) groups excluding carboxylic acids is 1. The summed E-state index contributed by atoms with van der Waals surface area (Å²) >= 11 is 0. The number of nitrogens with zero attached hydrogens (tertiary/aromatic N) is 6. The number of cyclic esters (lactones) is 1. The number of rotatable bonds is 19. The Bertz CT molecular complexity index is 2400. The molecule has 24 heteroatoms. The molecule has 5 N–H and O–H groups in total. The summed E-state index contributed by atoms with van der Waals surface area (Å²) in [4.78, 5) is 27.7. The zero-order valence-electron chi connectivity index (χ0n) is 49.6. The van der Waals surface area contributed by atoms with E-state index in [1.165, 1.54) is 32.9 Å². The number of esters is 1. The van der Waals surface area contributed by atoms with Gasteiger partial charge in [-0.2, -0.15) is 0 Å². The van der Waals surface area contributed by atoms with Gasteiger partial charge in [-0.05, 0) is 79.0 Å². The van der Waals surface area contributed by atoms with Crippen molar-refractivity contribution < 1.29 is 87.0 Å². The van der Waals surface area contributed by atoms with Gasteiger partial charge >= 0.3 is 5.97 Å². The number of hydrogen-bond acceptors (Lipinski definition) is 22. The molecule has 4 saturated heterocycles. The molecule has 4 fully saturated rings. The van der Waals surface area contributed by atoms with Crippen molar-refractivity contribution in [2.75, 3.05) is 61.6 Å². The molecule has 0 bridgehead atoms. The molecular formula is C57H91FN6O17. The fraction of sp³-hybridized carbons (Fsp3) is 0.807. The summed E-state index contributed by atoms with van der Waals surface area (Å²) in [6.07, 6.45) is -9.38. The second-order valence-corrected chi connectivity index (χ2v) is 23.8. The normalized spacial score (nSPS) is 40.3. The third-order valence-electron chi connectivity index (χ3n) is 17.7. The van der Waals surface area contributed by atoms with Crippen molar-refractivity contribution in [3.8, 4) is 0 Å². The highest BCUT2D eigenvalue weighted by Gasteiger charge is 2.54. The number of carbonyl (C=O) groups is 1. The first-order valence-corrected chi connectivity index (χ1v) is 28.5. The van der Waals surface area contributed by atoms with Crippen LogP contribution < -0.4 is 0 Å². The predicted octanol–water partition coefficient (Wildman–Crippen LogP) is 4.05. The Labute approximate surface area is 475 Å². The Hall–Kier alpha value is -3.86. The molecule has 0 amide bonds. The molecule has 81 heavy (non-hydrogen) atoms. The number of likely N-dealkylation sites (N-methyl/N-ethyl adjacent to an activating group) is 1. The van der Waals surface area contributed by atoms with Gasteiger partial charge in [0, 0.05) is 70.7 Å². The van der Waals surface area contributed by atoms with Crippen molar-refractivity contribution in [3.63, 3.8) is 0 Å². The van der Waals surface area contributed by atoms with Crippen LogP contribution in [0.15, 0.2) is 40.8 Å². The third-order valence-corrected chi connectivity index (χ3v) is 17.7. The lowest BCUT2D eigenvalue weighted by Crippen LogP contribution is -2.61. The van der Waals surface area contributed by atoms with Gasteiger partial charge in [-0.1, -0.05) is 67.5 Å². The number of aromatic nitrogens is 3. The summed E-state index contributed by atoms with van der Waals surface area (Å²) in [5.41, 5.74) is -1.66. The lowest BCUT2D eigenvalue weighted by atomic mass is 9.73. The summed E-state index contributed by atoms with van der Waals surface area (Å²) in [6.45, 7) is 17.2. The van der Waals surface area contributed by atoms with Gasteiger partial charge in [0.1, 0.15) is 42.7 Å². The number of aliphatic hydroxyl groups is 5. The molecule has 23 nitrogen and oxygen atoms in total. The molecule has 2 unspecified atom stereocenters. The van der Waals surface area contributed by atoms with E-state index in [9.17, 15) is 30.3 Å². The van der Waals surface area contributed by atoms with Gasteiger partial charge in [0.2, 0.25) is 6.79 Å². The Morgan fingerprint density at radius 2 is 1.67 bits per heavy atom. The molecular weight excluding hydrogens is 1060 g/mol. The fourth-order valence-electron chi connectivity index (χ4n) is 12.7. The van der Waals surface area contributed by atoms with Crippen LogP contribution in [0.4, 0.5) is 4.39 Å². The van der Waals surface area contributed by atoms with Crippen LogP contribution in [-0.2, 0) is 63.5 Å². The minimum atomic E-state index is -2.00. The minimum Gasteiger partial charge on any atom is -0.459 e. The third kappa shape index (κ3) is 14.3. The van der Waals surface area contributed by atoms with Crippen LogP contribution >= 0.6 is 0 Å². The average molecular weight is 1150 g/mol. The second-order valence-electron chi connectivity index (χ2n) is 23.8. The van der Waals surface area contributed by atoms with E-state index in [1.807, 2.05) is 43.1 Å². The monoisotopic (exact) mass is 1150 g/mol. The molecule has 0 saturated carbocycles. The number of methoxy groups -OCH3 is 3. The number of ether oxygens (including phenoxy) is 9. The van der Waals surface area contributed by atoms with Crippen LogP contribution in [-0.4, -0.2) is 215 Å². The average Bonchev–Trinajstić information content (AvgIpc) is 4.24. The molecule has 458 valence electrons. The summed E-state index contributed by atoms with van der Waals surface area (Å²) in [5.74, 6) is -4.37. The van der Waals surface area contributed by atoms with E-state index >= 15 is 4.39 Å². The highest BCUT2D eigenvalue weighted by atomic mass is 19.1. The highest BCUT2D eigenvalue weighted by Crippen LogP contribution is 2.42. The number of hydrogen-bond donors (Lipinski definition) is 5. The van der Waals surface area contributed by atoms with Crippen molar-refractivity contribution in [1.82, 2.24) is 19.9 Å². The molecule has 1 aromatic heterocycles. The molecule has 22 atom stereocenters. The molecule has 1 aromatic carbocycles. The SMILES string of the molecule is CC[C@H]1OC(=O)[C@H](C)[C@@H](O[C@H]2C[C@@](C)(OC)[C@@H](O)[C@H](C)O2)[C@H](C)[C@@H](O[C@@H]2O[C@H](C)C[C@H](N(C)CCc3cn([C@H](CF)[C@H](OC)c4ccc(C5=NOC6COCC56)cc4)nn3)[C@H]2O)[C@](C)(O)C[C@@H](C)/C(=N\OCOC)[C@H](C)[C@@H](O)[C@]1(C)O. The van der Waals surface area contributed by atoms with E-state index in [2.05, 4.69) is 20.6 Å². The molecule has 5 aliphatic rings. The molecule has 0 aliphatic carbocycles. The zero-order valence-corrected chi connectivity index (χ0v) is 49.6. The molecule has 7 rings (SSSR count). The van der Waals surface area contributed by atoms with Gasteiger partial charge in [0.15, 0.2) is 18.7 Å². The summed E-state index contributed by atoms with van der Waals surface area (Å²) < 4.78 is 71.5. The van der Waals surface area contributed by atoms with Crippen LogP contribution in [0.1, 0.15) is 124 Å². The van der Waals surface area contributed by atoms with E-state index in [-0.39, 0.29) is 43.8 Å². The van der Waals surface area contributed by atoms with Crippen molar-refractivity contribution in [2.24, 2.45) is 39.9 Å². The number of aliphatic hydroxyl groups excluding tert-OH is 3. The minimum absolute atomic E-state index is 0.0484. The maximum Gasteiger partial charge on any atom is 0.311 e. The lowest BCUT2D eigenvalue weighted by Gasteiger charge is -2.49. The lowest BCUT2D eigenvalue weighted by molar-refractivity contribution is -0.318. The smallest absolute Gasteiger partial charge is 0.311 e. The van der Waals surface area contributed by atoms with Crippen LogP contribution in [0, 0.1) is 29.6 Å². The number of fused-ring (bicyclic) bond motifs is 1. The summed E-state index contributed by atoms with van der Waals surface area (Å²) in [6, 6.07) is 6.25. The van der Waals surface area contributed by atoms with Crippen molar-refractivity contribution in [1.29, 1.82) is 0 Å². The highest BCUT2D eigenvalue weighted by molar-refractivity contribution is 6.03. The van der Waals surface area contributed by atoms with Gasteiger partial charge in [-0.15, -0.1) is 5.10 Å². The first-order valence-electron chi connectivity index (χ1n) is 28.5. The van der Waals surface area contributed by atoms with E-state index in [0.29, 0.717) is 38.3 Å². The topological polar surface area (TPSA) is 278 Å². The maximum absolute atomic E-state index is 15.0. The standard InChI is InChI=1S/C57H91FN6O17/c1-15-43-57(10,70)50(66)32(4)45(60-75-29-71-12)30(2)23-55(8,69)52(33(5)48(34(6)53(68)78-43)79-44-24-56(9,73-14)51(67)35(7)77-44)80-54-47(65)40(22-31(3)76-54)63(11)21-20-38-26-64(62-59-38)41(25-58)49(72-13)37-18-16-36(17-19-37)46-39-27-74-28-42(39)81-61-46/h16-19,26,30-35,39-44,47-52,54,65-67,69-70H,15,20-25,27-29H2,1-14H3/b60-45+/t30-,31-,32+,33+,34-,35+,39?,40+,41-,42?,43-,44+,47-,48+,49-,50-,51+,52-,54+,55-,56-,57-/m1/s1. The predicted molar refractivity (Wildman–Crippen MR) is 291 cm³/mol. The Kier molecular flexibility index (Phi) is 21.9. The molecule has 5 aliphatic heterocycles. The quantitative estimate of drug-likeness (QED) is 0.0574. The molecule has 0 radical (unpaired) electrons. The van der Waals surface area contributed by atoms with Crippen LogP contribution in [0.3, 0.4) is 0 Å². The maximum atomic E-state index is 15.0. The van der Waals surface area contributed by atoms with Crippen molar-refractivity contribution >= 4 is 17.4 Å². The van der Waals surface area contributed by atoms with Gasteiger partial charge in [0.25, 0.3) is 0 Å². The number of halogens is 1. The first kappa shape index (κ1) is 64.7. The van der Waals surface area contributed by atoms with Gasteiger partial charge in [0.05, 0.1) is 83.9 Å². The number of oxime groups is 2. The Morgan fingerprint density at radius 3 is 2.32 bits per heavy atom. The summed E-state index contributed by atoms with van der Waals surface area (Å²) in [5, 5.41) is 78.1. The first-order chi connectivity index (χ1) is 38.3. The van der Waals surface area contributed by atoms with E-state index < -0.39 is 133 Å². The molecule has 6 heterocycles. The van der Waals surface area contributed by atoms with Crippen LogP contribution in [0.25, 0.3) is 0 Å². The number of alkyl halides is 1. The Morgan fingerprint density at radius 1 is 0.951 bits per heavy atom. The van der Waals surface area contributed by atoms with Crippen molar-refractivity contribution in [3.05, 3.63) is 47.3 Å². The van der Waals surface area contributed by atoms with E-state index in [0.717, 1.165) is 16.8 Å². The largest absolute Gasteiger partial charge is 0.459 e. The van der Waals surface area contributed by atoms with Gasteiger partial charge in [-0.25, -0.2) is 9.07 Å². The van der Waals surface area contributed by atoms with E-state index in [4.69, 9.17) is 52.3 Å². The van der Waals surface area contributed by atoms with E-state index in [1.54, 1.807) is 61.6 Å². The van der Waals surface area contributed by atoms with Crippen molar-refractivity contribution in [2.45, 2.75) is 204 Å². The Balaban J connectivity index is 1.14. The van der Waals surface area contributed by atoms with Gasteiger partial charge < -0.3 is 82.7 Å². The fourth-order valence-corrected chi connectivity index (χ4v) is 12.7. The second kappa shape index (κ2) is 27.5.